The Morgan fingerprint density at radius 3 is 2.21 bits per heavy atom. The summed E-state index contributed by atoms with van der Waals surface area (Å²) in [5.74, 6) is -0.00132. The third kappa shape index (κ3) is 5.04. The zero-order chi connectivity index (χ0) is 26.8. The lowest BCUT2D eigenvalue weighted by molar-refractivity contribution is 0.103. The van der Waals surface area contributed by atoms with Crippen molar-refractivity contribution < 1.29 is 23.0 Å². The molecule has 6 rings (SSSR count). The van der Waals surface area contributed by atoms with Crippen LogP contribution in [0.1, 0.15) is 28.2 Å². The average molecular weight is 529 g/mol. The van der Waals surface area contributed by atoms with Crippen LogP contribution in [0.4, 0.5) is 14.7 Å². The molecule has 3 heterocycles. The first-order chi connectivity index (χ1) is 19.1. The molecule has 1 fully saturated rings. The highest BCUT2D eigenvalue weighted by atomic mass is 19.3. The molecule has 2 aromatic heterocycles. The van der Waals surface area contributed by atoms with Crippen LogP contribution in [0.15, 0.2) is 78.9 Å². The van der Waals surface area contributed by atoms with Crippen LogP contribution in [0.25, 0.3) is 17.0 Å². The number of carbonyl (C=O) groups excluding carboxylic acids is 1. The quantitative estimate of drug-likeness (QED) is 0.272. The maximum atomic E-state index is 14.0. The molecule has 0 bridgehead atoms. The van der Waals surface area contributed by atoms with E-state index in [0.29, 0.717) is 54.2 Å². The van der Waals surface area contributed by atoms with Gasteiger partial charge in [0.05, 0.1) is 24.2 Å². The van der Waals surface area contributed by atoms with E-state index in [4.69, 9.17) is 9.47 Å². The molecular weight excluding hydrogens is 506 g/mol. The van der Waals surface area contributed by atoms with Gasteiger partial charge in [0.2, 0.25) is 11.9 Å². The molecule has 0 spiro atoms. The van der Waals surface area contributed by atoms with Gasteiger partial charge in [-0.25, -0.2) is 13.8 Å². The summed E-state index contributed by atoms with van der Waals surface area (Å²) in [5.41, 5.74) is 1.89. The van der Waals surface area contributed by atoms with E-state index in [-0.39, 0.29) is 23.7 Å². The zero-order valence-corrected chi connectivity index (χ0v) is 20.6. The Hall–Kier alpha value is -4.77. The van der Waals surface area contributed by atoms with E-state index in [1.54, 1.807) is 72.8 Å². The van der Waals surface area contributed by atoms with E-state index in [1.807, 2.05) is 11.0 Å². The van der Waals surface area contributed by atoms with E-state index in [2.05, 4.69) is 19.9 Å². The van der Waals surface area contributed by atoms with Gasteiger partial charge in [-0.15, -0.1) is 0 Å². The first-order valence-corrected chi connectivity index (χ1v) is 12.3. The Balaban J connectivity index is 1.38. The number of carbonyl (C=O) groups is 1. The lowest BCUT2D eigenvalue weighted by Crippen LogP contribution is -2.37. The highest BCUT2D eigenvalue weighted by molar-refractivity contribution is 6.09. The van der Waals surface area contributed by atoms with Crippen molar-refractivity contribution in [3.8, 4) is 17.7 Å². The van der Waals surface area contributed by atoms with Crippen molar-refractivity contribution in [2.24, 2.45) is 0 Å². The van der Waals surface area contributed by atoms with Crippen LogP contribution < -0.4 is 9.64 Å². The number of ketones is 1. The van der Waals surface area contributed by atoms with Gasteiger partial charge in [0.15, 0.2) is 11.6 Å². The van der Waals surface area contributed by atoms with Gasteiger partial charge in [0.25, 0.3) is 6.43 Å². The number of alkyl halides is 2. The molecule has 1 saturated heterocycles. The summed E-state index contributed by atoms with van der Waals surface area (Å²) >= 11 is 0. The van der Waals surface area contributed by atoms with Crippen LogP contribution in [0.3, 0.4) is 0 Å². The molecule has 3 aromatic carbocycles. The molecule has 5 aromatic rings. The van der Waals surface area contributed by atoms with Crippen LogP contribution in [0, 0.1) is 0 Å². The summed E-state index contributed by atoms with van der Waals surface area (Å²) in [4.78, 5) is 32.1. The monoisotopic (exact) mass is 528 g/mol. The summed E-state index contributed by atoms with van der Waals surface area (Å²) in [7, 11) is 0. The number of aromatic nitrogens is 5. The number of benzene rings is 3. The van der Waals surface area contributed by atoms with Gasteiger partial charge in [0, 0.05) is 24.2 Å². The molecule has 0 radical (unpaired) electrons. The lowest BCUT2D eigenvalue weighted by Gasteiger charge is -2.27. The van der Waals surface area contributed by atoms with Crippen molar-refractivity contribution in [2.45, 2.75) is 6.43 Å². The SMILES string of the molecule is O=C(c1ccccc1)c1ccc(Oc2nc(N3CCOCC3)nc(-n3c(C(F)F)nc4ccccc43)n2)cc1. The summed E-state index contributed by atoms with van der Waals surface area (Å²) in [5, 5.41) is 0. The second-order valence-electron chi connectivity index (χ2n) is 8.73. The number of nitrogens with zero attached hydrogens (tertiary/aromatic N) is 6. The van der Waals surface area contributed by atoms with Gasteiger partial charge in [-0.3, -0.25) is 9.36 Å². The molecule has 0 unspecified atom stereocenters. The third-order valence-electron chi connectivity index (χ3n) is 6.23. The molecule has 1 aliphatic heterocycles. The van der Waals surface area contributed by atoms with Gasteiger partial charge in [-0.05, 0) is 36.4 Å². The zero-order valence-electron chi connectivity index (χ0n) is 20.6. The maximum Gasteiger partial charge on any atom is 0.328 e. The van der Waals surface area contributed by atoms with Crippen molar-refractivity contribution >= 4 is 22.8 Å². The summed E-state index contributed by atoms with van der Waals surface area (Å²) < 4.78 is 40.7. The van der Waals surface area contributed by atoms with Gasteiger partial charge < -0.3 is 14.4 Å². The van der Waals surface area contributed by atoms with Crippen LogP contribution in [0.2, 0.25) is 0 Å². The normalized spacial score (nSPS) is 13.7. The number of hydrogen-bond donors (Lipinski definition) is 0. The number of para-hydroxylation sites is 2. The molecule has 0 saturated carbocycles. The van der Waals surface area contributed by atoms with Crippen molar-refractivity contribution in [2.75, 3.05) is 31.2 Å². The van der Waals surface area contributed by atoms with Crippen molar-refractivity contribution in [1.29, 1.82) is 0 Å². The van der Waals surface area contributed by atoms with Crippen LogP contribution >= 0.6 is 0 Å². The van der Waals surface area contributed by atoms with Crippen LogP contribution in [-0.2, 0) is 4.74 Å². The number of imidazole rings is 1. The van der Waals surface area contributed by atoms with Gasteiger partial charge in [-0.1, -0.05) is 42.5 Å². The number of morpholine rings is 1. The maximum absolute atomic E-state index is 14.0. The Labute approximate surface area is 221 Å². The summed E-state index contributed by atoms with van der Waals surface area (Å²) in [6.07, 6.45) is -2.86. The molecule has 9 nitrogen and oxygen atoms in total. The highest BCUT2D eigenvalue weighted by Crippen LogP contribution is 2.29. The van der Waals surface area contributed by atoms with Crippen molar-refractivity contribution in [3.05, 3.63) is 95.8 Å². The number of rotatable bonds is 7. The minimum atomic E-state index is -2.86. The predicted octanol–water partition coefficient (Wildman–Crippen LogP) is 5.01. The van der Waals surface area contributed by atoms with E-state index in [9.17, 15) is 13.6 Å². The number of ether oxygens (including phenoxy) is 2. The van der Waals surface area contributed by atoms with Crippen molar-refractivity contribution in [3.63, 3.8) is 0 Å². The second kappa shape index (κ2) is 10.5. The van der Waals surface area contributed by atoms with E-state index in [0.717, 1.165) is 0 Å². The van der Waals surface area contributed by atoms with Gasteiger partial charge in [-0.2, -0.15) is 15.0 Å². The lowest BCUT2D eigenvalue weighted by atomic mass is 10.0. The highest BCUT2D eigenvalue weighted by Gasteiger charge is 2.25. The van der Waals surface area contributed by atoms with Gasteiger partial charge in [0.1, 0.15) is 5.75 Å². The Morgan fingerprint density at radius 2 is 1.46 bits per heavy atom. The number of anilines is 1. The topological polar surface area (TPSA) is 95.3 Å². The molecule has 196 valence electrons. The molecular formula is C28H22F2N6O3. The molecule has 1 aliphatic rings. The van der Waals surface area contributed by atoms with Crippen molar-refractivity contribution in [1.82, 2.24) is 24.5 Å². The molecule has 0 atom stereocenters. The molecule has 11 heteroatoms. The van der Waals surface area contributed by atoms with E-state index in [1.165, 1.54) is 4.57 Å². The number of fused-ring (bicyclic) bond motifs is 1. The van der Waals surface area contributed by atoms with Gasteiger partial charge >= 0.3 is 6.01 Å². The standard InChI is InChI=1S/C28H22F2N6O3/c29-24(30)25-31-21-8-4-5-9-22(21)36(25)27-32-26(35-14-16-38-17-15-35)33-28(34-27)39-20-12-10-19(11-13-20)23(37)18-6-2-1-3-7-18/h1-13,24H,14-17H2. The smallest absolute Gasteiger partial charge is 0.328 e. The Bertz CT molecular complexity index is 1620. The molecule has 39 heavy (non-hydrogen) atoms. The predicted molar refractivity (Wildman–Crippen MR) is 139 cm³/mol. The average Bonchev–Trinajstić information content (AvgIpc) is 3.38. The minimum absolute atomic E-state index is 0.0404. The molecule has 0 aliphatic carbocycles. The van der Waals surface area contributed by atoms with E-state index < -0.39 is 12.2 Å². The molecule has 0 amide bonds. The molecule has 0 N–H and O–H groups in total. The van der Waals surface area contributed by atoms with E-state index >= 15 is 0 Å². The summed E-state index contributed by atoms with van der Waals surface area (Å²) in [6.45, 7) is 1.99. The fourth-order valence-electron chi connectivity index (χ4n) is 4.32. The van der Waals surface area contributed by atoms with Crippen LogP contribution in [-0.4, -0.2) is 56.6 Å². The Morgan fingerprint density at radius 1 is 0.795 bits per heavy atom. The first-order valence-electron chi connectivity index (χ1n) is 12.3. The van der Waals surface area contributed by atoms with Crippen LogP contribution in [0.5, 0.6) is 11.8 Å². The minimum Gasteiger partial charge on any atom is -0.424 e. The summed E-state index contributed by atoms with van der Waals surface area (Å²) in [6, 6.07) is 22.2. The number of hydrogen-bond acceptors (Lipinski definition) is 8. The first kappa shape index (κ1) is 24.6. The fraction of sp³-hybridized carbons (Fsp3) is 0.179. The largest absolute Gasteiger partial charge is 0.424 e. The third-order valence-corrected chi connectivity index (χ3v) is 6.23. The fourth-order valence-corrected chi connectivity index (χ4v) is 4.32. The second-order valence-corrected chi connectivity index (χ2v) is 8.73. The Kier molecular flexibility index (Phi) is 6.64. The number of halogens is 2.